The number of aryl methyl sites for hydroxylation is 1. The van der Waals surface area contributed by atoms with Gasteiger partial charge in [-0.05, 0) is 12.8 Å². The smallest absolute Gasteiger partial charge is 0.258 e. The summed E-state index contributed by atoms with van der Waals surface area (Å²) in [4.78, 5) is 10.7. The Hall–Kier alpha value is -1.38. The van der Waals surface area contributed by atoms with Crippen molar-refractivity contribution >= 4 is 5.69 Å². The highest BCUT2D eigenvalue weighted by molar-refractivity contribution is 5.39. The van der Waals surface area contributed by atoms with Crippen molar-refractivity contribution in [3.63, 3.8) is 0 Å². The van der Waals surface area contributed by atoms with E-state index < -0.39 is 0 Å². The average molecular weight is 362 g/mol. The summed E-state index contributed by atoms with van der Waals surface area (Å²) < 4.78 is 0. The van der Waals surface area contributed by atoms with Crippen LogP contribution in [-0.4, -0.2) is 4.92 Å². The van der Waals surface area contributed by atoms with Gasteiger partial charge in [-0.1, -0.05) is 115 Å². The minimum absolute atomic E-state index is 0.263. The summed E-state index contributed by atoms with van der Waals surface area (Å²) in [5.41, 5.74) is 1.16. The first kappa shape index (κ1) is 22.7. The van der Waals surface area contributed by atoms with Crippen molar-refractivity contribution in [3.8, 4) is 0 Å². The second kappa shape index (κ2) is 15.8. The summed E-state index contributed by atoms with van der Waals surface area (Å²) >= 11 is 0. The minimum Gasteiger partial charge on any atom is -0.258 e. The molecule has 0 saturated carbocycles. The summed E-state index contributed by atoms with van der Waals surface area (Å²) in [6.45, 7) is 2.27. The normalized spacial score (nSPS) is 11.0. The van der Waals surface area contributed by atoms with E-state index in [0.717, 1.165) is 18.4 Å². The highest BCUT2D eigenvalue weighted by atomic mass is 16.6. The van der Waals surface area contributed by atoms with E-state index in [0.29, 0.717) is 0 Å². The lowest BCUT2D eigenvalue weighted by Crippen LogP contribution is -1.95. The van der Waals surface area contributed by atoms with Gasteiger partial charge < -0.3 is 0 Å². The molecule has 0 N–H and O–H groups in total. The summed E-state index contributed by atoms with van der Waals surface area (Å²) in [5, 5.41) is 11.0. The molecule has 0 aliphatic carbocycles. The van der Waals surface area contributed by atoms with Gasteiger partial charge in [-0.15, -0.1) is 0 Å². The zero-order valence-corrected chi connectivity index (χ0v) is 16.9. The van der Waals surface area contributed by atoms with Gasteiger partial charge in [0.25, 0.3) is 5.69 Å². The van der Waals surface area contributed by atoms with Crippen molar-refractivity contribution < 1.29 is 4.92 Å². The fourth-order valence-corrected chi connectivity index (χ4v) is 3.59. The largest absolute Gasteiger partial charge is 0.272 e. The number of hydrogen-bond donors (Lipinski definition) is 0. The monoisotopic (exact) mass is 361 g/mol. The topological polar surface area (TPSA) is 43.1 Å². The molecular weight excluding hydrogens is 322 g/mol. The molecule has 0 fully saturated rings. The Balaban J connectivity index is 1.88. The van der Waals surface area contributed by atoms with Gasteiger partial charge in [0.15, 0.2) is 0 Å². The standard InChI is InChI=1S/C23H39NO2/c1-2-3-4-5-6-7-8-9-10-11-12-13-14-15-16-19-22-20-17-18-21-23(22)24(25)26/h17-18,20-21H,2-16,19H2,1H3. The molecule has 0 aromatic heterocycles. The summed E-state index contributed by atoms with van der Waals surface area (Å²) in [6, 6.07) is 7.14. The van der Waals surface area contributed by atoms with E-state index in [1.165, 1.54) is 89.9 Å². The van der Waals surface area contributed by atoms with Crippen molar-refractivity contribution in [3.05, 3.63) is 39.9 Å². The third-order valence-corrected chi connectivity index (χ3v) is 5.24. The highest BCUT2D eigenvalue weighted by Crippen LogP contribution is 2.20. The molecule has 0 radical (unpaired) electrons. The van der Waals surface area contributed by atoms with Gasteiger partial charge in [0.2, 0.25) is 0 Å². The first-order valence-corrected chi connectivity index (χ1v) is 11.0. The molecule has 0 amide bonds. The molecule has 0 aliphatic rings. The van der Waals surface area contributed by atoms with E-state index in [9.17, 15) is 10.1 Å². The average Bonchev–Trinajstić information content (AvgIpc) is 2.65. The van der Waals surface area contributed by atoms with E-state index in [4.69, 9.17) is 0 Å². The van der Waals surface area contributed by atoms with Crippen molar-refractivity contribution in [1.82, 2.24) is 0 Å². The Bertz CT molecular complexity index is 473. The van der Waals surface area contributed by atoms with E-state index >= 15 is 0 Å². The minimum atomic E-state index is -0.263. The second-order valence-electron chi connectivity index (χ2n) is 7.59. The predicted molar refractivity (Wildman–Crippen MR) is 112 cm³/mol. The summed E-state index contributed by atoms with van der Waals surface area (Å²) in [6.07, 6.45) is 21.0. The van der Waals surface area contributed by atoms with Gasteiger partial charge in [-0.2, -0.15) is 0 Å². The van der Waals surface area contributed by atoms with Crippen molar-refractivity contribution in [2.45, 2.75) is 110 Å². The molecule has 1 aromatic carbocycles. The Morgan fingerprint density at radius 2 is 1.12 bits per heavy atom. The molecule has 0 atom stereocenters. The van der Waals surface area contributed by atoms with Crippen LogP contribution in [0, 0.1) is 10.1 Å². The lowest BCUT2D eigenvalue weighted by molar-refractivity contribution is -0.385. The van der Waals surface area contributed by atoms with Gasteiger partial charge in [0.1, 0.15) is 0 Å². The van der Waals surface area contributed by atoms with Crippen LogP contribution in [0.1, 0.15) is 109 Å². The zero-order valence-electron chi connectivity index (χ0n) is 16.9. The molecule has 0 unspecified atom stereocenters. The van der Waals surface area contributed by atoms with Gasteiger partial charge in [-0.25, -0.2) is 0 Å². The van der Waals surface area contributed by atoms with Crippen LogP contribution in [0.4, 0.5) is 5.69 Å². The molecule has 0 aliphatic heterocycles. The van der Waals surface area contributed by atoms with Gasteiger partial charge >= 0.3 is 0 Å². The molecule has 1 aromatic rings. The highest BCUT2D eigenvalue weighted by Gasteiger charge is 2.11. The number of benzene rings is 1. The molecule has 0 saturated heterocycles. The van der Waals surface area contributed by atoms with Crippen LogP contribution >= 0.6 is 0 Å². The fourth-order valence-electron chi connectivity index (χ4n) is 3.59. The van der Waals surface area contributed by atoms with Crippen LogP contribution in [0.5, 0.6) is 0 Å². The first-order valence-electron chi connectivity index (χ1n) is 11.0. The maximum absolute atomic E-state index is 11.0. The molecule has 148 valence electrons. The van der Waals surface area contributed by atoms with Gasteiger partial charge in [0, 0.05) is 11.6 Å². The molecular formula is C23H39NO2. The van der Waals surface area contributed by atoms with E-state index in [2.05, 4.69) is 6.92 Å². The van der Waals surface area contributed by atoms with Crippen molar-refractivity contribution in [1.29, 1.82) is 0 Å². The Morgan fingerprint density at radius 3 is 1.58 bits per heavy atom. The Labute approximate surface area is 160 Å². The molecule has 0 heterocycles. The molecule has 26 heavy (non-hydrogen) atoms. The predicted octanol–water partition coefficient (Wildman–Crippen LogP) is 8.01. The number of nitro benzene ring substituents is 1. The number of rotatable bonds is 17. The van der Waals surface area contributed by atoms with E-state index in [-0.39, 0.29) is 10.6 Å². The zero-order chi connectivity index (χ0) is 18.9. The van der Waals surface area contributed by atoms with Crippen LogP contribution in [-0.2, 0) is 6.42 Å². The number of para-hydroxylation sites is 1. The molecule has 0 spiro atoms. The quantitative estimate of drug-likeness (QED) is 0.160. The lowest BCUT2D eigenvalue weighted by Gasteiger charge is -2.04. The van der Waals surface area contributed by atoms with E-state index in [1.54, 1.807) is 12.1 Å². The SMILES string of the molecule is CCCCCCCCCCCCCCCCCc1ccccc1[N+](=O)[O-]. The Kier molecular flexibility index (Phi) is 13.8. The number of nitro groups is 1. The number of unbranched alkanes of at least 4 members (excludes halogenated alkanes) is 14. The maximum Gasteiger partial charge on any atom is 0.272 e. The van der Waals surface area contributed by atoms with Crippen LogP contribution < -0.4 is 0 Å². The molecule has 0 bridgehead atoms. The third kappa shape index (κ3) is 11.3. The van der Waals surface area contributed by atoms with Gasteiger partial charge in [0.05, 0.1) is 4.92 Å². The molecule has 3 heteroatoms. The molecule has 3 nitrogen and oxygen atoms in total. The van der Waals surface area contributed by atoms with Crippen LogP contribution in [0.2, 0.25) is 0 Å². The number of nitrogens with zero attached hydrogens (tertiary/aromatic N) is 1. The maximum atomic E-state index is 11.0. The Morgan fingerprint density at radius 1 is 0.692 bits per heavy atom. The van der Waals surface area contributed by atoms with Crippen molar-refractivity contribution in [2.75, 3.05) is 0 Å². The second-order valence-corrected chi connectivity index (χ2v) is 7.59. The van der Waals surface area contributed by atoms with E-state index in [1.807, 2.05) is 12.1 Å². The summed E-state index contributed by atoms with van der Waals surface area (Å²) in [7, 11) is 0. The van der Waals surface area contributed by atoms with Crippen LogP contribution in [0.15, 0.2) is 24.3 Å². The van der Waals surface area contributed by atoms with Crippen LogP contribution in [0.25, 0.3) is 0 Å². The lowest BCUT2D eigenvalue weighted by atomic mass is 10.0. The first-order chi connectivity index (χ1) is 12.8. The molecule has 1 rings (SSSR count). The van der Waals surface area contributed by atoms with Gasteiger partial charge in [-0.3, -0.25) is 10.1 Å². The summed E-state index contributed by atoms with van der Waals surface area (Å²) in [5.74, 6) is 0. The number of hydrogen-bond acceptors (Lipinski definition) is 2. The van der Waals surface area contributed by atoms with Crippen LogP contribution in [0.3, 0.4) is 0 Å². The fraction of sp³-hybridized carbons (Fsp3) is 0.739. The third-order valence-electron chi connectivity index (χ3n) is 5.24. The van der Waals surface area contributed by atoms with Crippen molar-refractivity contribution in [2.24, 2.45) is 0 Å².